The van der Waals surface area contributed by atoms with Crippen molar-refractivity contribution in [2.75, 3.05) is 7.11 Å². The second-order valence-corrected chi connectivity index (χ2v) is 9.79. The van der Waals surface area contributed by atoms with Crippen LogP contribution in [0.1, 0.15) is 48.0 Å². The van der Waals surface area contributed by atoms with Gasteiger partial charge < -0.3 is 4.74 Å². The molecule has 0 atom stereocenters. The summed E-state index contributed by atoms with van der Waals surface area (Å²) in [6.45, 7) is 4.49. The zero-order valence-electron chi connectivity index (χ0n) is 22.9. The number of aromatic amines is 1. The van der Waals surface area contributed by atoms with Crippen molar-refractivity contribution in [2.24, 2.45) is 0 Å². The van der Waals surface area contributed by atoms with Crippen molar-refractivity contribution in [2.45, 2.75) is 46.1 Å². The zero-order chi connectivity index (χ0) is 28.1. The van der Waals surface area contributed by atoms with Crippen molar-refractivity contribution in [3.63, 3.8) is 0 Å². The predicted molar refractivity (Wildman–Crippen MR) is 162 cm³/mol. The fourth-order valence-corrected chi connectivity index (χ4v) is 4.88. The van der Waals surface area contributed by atoms with E-state index in [-0.39, 0.29) is 35.1 Å². The van der Waals surface area contributed by atoms with Crippen LogP contribution in [-0.2, 0) is 19.4 Å². The molecule has 0 spiro atoms. The number of ether oxygens (including phenoxy) is 1. The fourth-order valence-electron chi connectivity index (χ4n) is 4.88. The second kappa shape index (κ2) is 13.8. The van der Waals surface area contributed by atoms with E-state index >= 15 is 0 Å². The summed E-state index contributed by atoms with van der Waals surface area (Å²) < 4.78 is 11.7. The van der Waals surface area contributed by atoms with Gasteiger partial charge >= 0.3 is 35.3 Å². The van der Waals surface area contributed by atoms with Gasteiger partial charge in [-0.25, -0.2) is 9.78 Å². The summed E-state index contributed by atoms with van der Waals surface area (Å²) in [5.41, 5.74) is 6.30. The molecule has 0 aliphatic carbocycles. The molecule has 2 heterocycles. The van der Waals surface area contributed by atoms with Crippen LogP contribution < -0.4 is 16.1 Å². The van der Waals surface area contributed by atoms with Crippen LogP contribution in [0.4, 0.5) is 0 Å². The van der Waals surface area contributed by atoms with E-state index in [4.69, 9.17) is 14.2 Å². The van der Waals surface area contributed by atoms with Crippen LogP contribution in [0.5, 0.6) is 5.75 Å². The predicted octanol–water partition coefficient (Wildman–Crippen LogP) is 4.90. The first-order valence-corrected chi connectivity index (χ1v) is 13.4. The molecule has 0 saturated heterocycles. The maximum atomic E-state index is 13.9. The summed E-state index contributed by atoms with van der Waals surface area (Å²) in [6.07, 6.45) is 3.26. The summed E-state index contributed by atoms with van der Waals surface area (Å²) in [4.78, 5) is 32.9. The molecule has 3 aromatic carbocycles. The number of nitrogens with one attached hydrogen (secondary N) is 1. The molecule has 9 heteroatoms. The second-order valence-electron chi connectivity index (χ2n) is 9.79. The molecular formula is C32H33N4NaO4. The molecule has 0 aliphatic heterocycles. The van der Waals surface area contributed by atoms with Crippen molar-refractivity contribution in [1.82, 2.24) is 19.7 Å². The Morgan fingerprint density at radius 1 is 0.927 bits per heavy atom. The van der Waals surface area contributed by atoms with E-state index in [1.165, 1.54) is 0 Å². The molecule has 0 fully saturated rings. The van der Waals surface area contributed by atoms with E-state index in [0.29, 0.717) is 24.6 Å². The van der Waals surface area contributed by atoms with Gasteiger partial charge in [-0.1, -0.05) is 79.2 Å². The van der Waals surface area contributed by atoms with Gasteiger partial charge in [0.1, 0.15) is 11.6 Å². The van der Waals surface area contributed by atoms with Crippen molar-refractivity contribution < 1.29 is 9.26 Å². The Labute approximate surface area is 260 Å². The number of hydrogen-bond acceptors (Lipinski definition) is 6. The van der Waals surface area contributed by atoms with Crippen LogP contribution >= 0.6 is 0 Å². The third kappa shape index (κ3) is 6.96. The Balaban J connectivity index is 0.00000387. The standard InChI is InChI=1S/C32H32N4O4.Na.H/c1-4-5-10-29-28(31(37)36(21(2)33-29)20-23-13-17-25(39-3)18-14-23)19-22-11-15-24(16-12-22)26-8-6-7-9-27(26)30-34-32(38)40-35-30;;/h6-9,11-18H,4-5,10,19-20H2,1-3H3,(H,34,35,38);;. The molecule has 0 aliphatic rings. The topological polar surface area (TPSA) is 103 Å². The molecule has 2 aromatic heterocycles. The van der Waals surface area contributed by atoms with E-state index < -0.39 is 5.76 Å². The van der Waals surface area contributed by atoms with Crippen LogP contribution in [0.25, 0.3) is 22.5 Å². The van der Waals surface area contributed by atoms with Crippen molar-refractivity contribution in [3.8, 4) is 28.3 Å². The Hall–Kier alpha value is -3.72. The number of H-pyrrole nitrogens is 1. The van der Waals surface area contributed by atoms with E-state index in [2.05, 4.69) is 17.1 Å². The van der Waals surface area contributed by atoms with Crippen LogP contribution in [-0.4, -0.2) is 56.4 Å². The monoisotopic (exact) mass is 560 g/mol. The number of benzene rings is 3. The molecule has 206 valence electrons. The molecule has 0 saturated carbocycles. The number of unbranched alkanes of at least 4 members (excludes halogenated alkanes) is 1. The van der Waals surface area contributed by atoms with Crippen LogP contribution in [0.2, 0.25) is 0 Å². The number of aromatic nitrogens is 4. The average molecular weight is 561 g/mol. The number of hydrogen-bond donors (Lipinski definition) is 1. The molecule has 5 aromatic rings. The zero-order valence-corrected chi connectivity index (χ0v) is 22.9. The van der Waals surface area contributed by atoms with Gasteiger partial charge in [-0.15, -0.1) is 0 Å². The Kier molecular flexibility index (Phi) is 10.2. The average Bonchev–Trinajstić information content (AvgIpc) is 3.42. The SMILES string of the molecule is CCCCc1nc(C)n(Cc2ccc(OC)cc2)c(=O)c1Cc1ccc(-c2ccccc2-c2noc(=O)[nH]2)cc1.[NaH]. The minimum absolute atomic E-state index is 0. The third-order valence-electron chi connectivity index (χ3n) is 7.07. The summed E-state index contributed by atoms with van der Waals surface area (Å²) >= 11 is 0. The number of aryl methyl sites for hydroxylation is 2. The number of rotatable bonds is 10. The molecule has 1 N–H and O–H groups in total. The third-order valence-corrected chi connectivity index (χ3v) is 7.07. The molecule has 0 unspecified atom stereocenters. The Bertz CT molecular complexity index is 1720. The van der Waals surface area contributed by atoms with Crippen molar-refractivity contribution in [3.05, 3.63) is 122 Å². The molecule has 0 amide bonds. The van der Waals surface area contributed by atoms with Crippen LogP contribution in [0, 0.1) is 6.92 Å². The van der Waals surface area contributed by atoms with Crippen molar-refractivity contribution in [1.29, 1.82) is 0 Å². The van der Waals surface area contributed by atoms with E-state index in [1.807, 2.05) is 79.7 Å². The number of methoxy groups -OCH3 is 1. The first-order chi connectivity index (χ1) is 19.5. The molecule has 0 bridgehead atoms. The van der Waals surface area contributed by atoms with Gasteiger partial charge in [0.2, 0.25) is 0 Å². The van der Waals surface area contributed by atoms with Gasteiger partial charge in [-0.05, 0) is 54.2 Å². The van der Waals surface area contributed by atoms with Gasteiger partial charge in [-0.2, -0.15) is 0 Å². The summed E-state index contributed by atoms with van der Waals surface area (Å²) in [6, 6.07) is 23.6. The molecule has 0 radical (unpaired) electrons. The summed E-state index contributed by atoms with van der Waals surface area (Å²) in [5.74, 6) is 1.28. The fraction of sp³-hybridized carbons (Fsp3) is 0.250. The van der Waals surface area contributed by atoms with Gasteiger partial charge in [0.05, 0.1) is 19.3 Å². The van der Waals surface area contributed by atoms with Crippen molar-refractivity contribution >= 4 is 29.6 Å². The number of nitrogens with zero attached hydrogens (tertiary/aromatic N) is 3. The van der Waals surface area contributed by atoms with E-state index in [0.717, 1.165) is 64.1 Å². The van der Waals surface area contributed by atoms with E-state index in [1.54, 1.807) is 11.7 Å². The van der Waals surface area contributed by atoms with Gasteiger partial charge in [0, 0.05) is 17.5 Å². The summed E-state index contributed by atoms with van der Waals surface area (Å²) in [7, 11) is 1.64. The maximum absolute atomic E-state index is 13.9. The first-order valence-electron chi connectivity index (χ1n) is 13.4. The Morgan fingerprint density at radius 2 is 1.61 bits per heavy atom. The first kappa shape index (κ1) is 30.2. The summed E-state index contributed by atoms with van der Waals surface area (Å²) in [5, 5.41) is 3.85. The van der Waals surface area contributed by atoms with Gasteiger partial charge in [-0.3, -0.25) is 18.9 Å². The van der Waals surface area contributed by atoms with Gasteiger partial charge in [0.25, 0.3) is 5.56 Å². The van der Waals surface area contributed by atoms with Crippen LogP contribution in [0.3, 0.4) is 0 Å². The Morgan fingerprint density at radius 3 is 2.24 bits per heavy atom. The molecular weight excluding hydrogens is 527 g/mol. The quantitative estimate of drug-likeness (QED) is 0.244. The van der Waals surface area contributed by atoms with Crippen LogP contribution in [0.15, 0.2) is 86.9 Å². The molecule has 41 heavy (non-hydrogen) atoms. The molecule has 5 rings (SSSR count). The normalized spacial score (nSPS) is 10.8. The van der Waals surface area contributed by atoms with Gasteiger partial charge in [0.15, 0.2) is 5.82 Å². The minimum atomic E-state index is -0.594. The van der Waals surface area contributed by atoms with E-state index in [9.17, 15) is 9.59 Å². The molecule has 8 nitrogen and oxygen atoms in total.